The summed E-state index contributed by atoms with van der Waals surface area (Å²) < 4.78 is 2.11. The molecule has 134 valence electrons. The van der Waals surface area contributed by atoms with Gasteiger partial charge in [-0.05, 0) is 31.0 Å². The molecule has 6 heteroatoms. The molecule has 0 bridgehead atoms. The minimum atomic E-state index is 0.283. The second-order valence-corrected chi connectivity index (χ2v) is 6.75. The van der Waals surface area contributed by atoms with Gasteiger partial charge in [0.2, 0.25) is 5.91 Å². The molecule has 1 aliphatic rings. The number of benzene rings is 1. The van der Waals surface area contributed by atoms with Crippen molar-refractivity contribution in [2.75, 3.05) is 25.0 Å². The summed E-state index contributed by atoms with van der Waals surface area (Å²) in [5, 5.41) is 4.54. The van der Waals surface area contributed by atoms with Gasteiger partial charge in [-0.3, -0.25) is 4.79 Å². The lowest BCUT2D eigenvalue weighted by molar-refractivity contribution is -0.127. The van der Waals surface area contributed by atoms with Gasteiger partial charge in [0.1, 0.15) is 12.1 Å². The minimum absolute atomic E-state index is 0.283. The van der Waals surface area contributed by atoms with Crippen molar-refractivity contribution in [2.24, 2.45) is 7.05 Å². The van der Waals surface area contributed by atoms with Crippen LogP contribution >= 0.6 is 0 Å². The maximum absolute atomic E-state index is 11.6. The topological polar surface area (TPSA) is 63.1 Å². The number of carbonyl (C=O) groups is 1. The Kier molecular flexibility index (Phi) is 4.56. The molecule has 1 amide bonds. The average molecular weight is 349 g/mol. The molecule has 3 aromatic rings. The largest absolute Gasteiger partial charge is 0.370 e. The fraction of sp³-hybridized carbons (Fsp3) is 0.350. The molecular weight excluding hydrogens is 326 g/mol. The summed E-state index contributed by atoms with van der Waals surface area (Å²) in [6.07, 6.45) is 6.27. The first-order chi connectivity index (χ1) is 12.7. The number of amides is 1. The zero-order valence-electron chi connectivity index (χ0n) is 15.0. The van der Waals surface area contributed by atoms with Crippen molar-refractivity contribution in [2.45, 2.75) is 19.3 Å². The molecule has 1 aromatic carbocycles. The molecule has 1 aliphatic heterocycles. The molecule has 0 saturated carbocycles. The summed E-state index contributed by atoms with van der Waals surface area (Å²) >= 11 is 0. The van der Waals surface area contributed by atoms with Crippen LogP contribution in [0, 0.1) is 0 Å². The molecule has 3 heterocycles. The Labute approximate surface area is 152 Å². The van der Waals surface area contributed by atoms with Crippen LogP contribution in [0.25, 0.3) is 22.2 Å². The molecule has 1 N–H and O–H groups in total. The molecule has 1 saturated heterocycles. The van der Waals surface area contributed by atoms with Crippen LogP contribution in [0.4, 0.5) is 5.82 Å². The number of nitrogens with one attached hydrogen (secondary N) is 1. The molecule has 4 rings (SSSR count). The van der Waals surface area contributed by atoms with Crippen molar-refractivity contribution < 1.29 is 4.79 Å². The molecule has 0 radical (unpaired) electrons. The van der Waals surface area contributed by atoms with E-state index in [-0.39, 0.29) is 5.91 Å². The molecular formula is C20H23N5O. The number of fused-ring (bicyclic) bond motifs is 1. The lowest BCUT2D eigenvalue weighted by Gasteiger charge is -2.15. The number of nitrogens with zero attached hydrogens (tertiary/aromatic N) is 4. The average Bonchev–Trinajstić information content (AvgIpc) is 3.24. The molecule has 0 aliphatic carbocycles. The van der Waals surface area contributed by atoms with Crippen molar-refractivity contribution in [1.29, 1.82) is 0 Å². The van der Waals surface area contributed by atoms with Crippen LogP contribution in [-0.4, -0.2) is 45.0 Å². The molecule has 0 unspecified atom stereocenters. The first kappa shape index (κ1) is 16.6. The number of aryl methyl sites for hydroxylation is 1. The third-order valence-electron chi connectivity index (χ3n) is 4.93. The van der Waals surface area contributed by atoms with Crippen molar-refractivity contribution in [1.82, 2.24) is 19.4 Å². The highest BCUT2D eigenvalue weighted by Gasteiger charge is 2.18. The number of hydrogen-bond acceptors (Lipinski definition) is 4. The predicted molar refractivity (Wildman–Crippen MR) is 103 cm³/mol. The maximum Gasteiger partial charge on any atom is 0.222 e. The van der Waals surface area contributed by atoms with Crippen molar-refractivity contribution in [3.8, 4) is 11.3 Å². The third-order valence-corrected chi connectivity index (χ3v) is 4.93. The van der Waals surface area contributed by atoms with Gasteiger partial charge < -0.3 is 14.8 Å². The summed E-state index contributed by atoms with van der Waals surface area (Å²) in [7, 11) is 2.05. The number of likely N-dealkylation sites (tertiary alicyclic amines) is 1. The maximum atomic E-state index is 11.6. The van der Waals surface area contributed by atoms with Crippen molar-refractivity contribution >= 4 is 22.6 Å². The Morgan fingerprint density at radius 1 is 1.19 bits per heavy atom. The highest BCUT2D eigenvalue weighted by atomic mass is 16.2. The quantitative estimate of drug-likeness (QED) is 0.695. The predicted octanol–water partition coefficient (Wildman–Crippen LogP) is 3.06. The van der Waals surface area contributed by atoms with Crippen LogP contribution in [0.15, 0.2) is 42.9 Å². The smallest absolute Gasteiger partial charge is 0.222 e. The standard InChI is InChI=1S/C20H23N5O/c1-24-11-7-16-12-15(5-6-18(16)24)17-13-19(23-14-22-17)21-8-3-10-25-9-2-4-20(25)26/h5-7,11-14H,2-4,8-10H2,1H3,(H,21,22,23). The summed E-state index contributed by atoms with van der Waals surface area (Å²) in [6.45, 7) is 2.50. The summed E-state index contributed by atoms with van der Waals surface area (Å²) in [5.41, 5.74) is 3.19. The fourth-order valence-corrected chi connectivity index (χ4v) is 3.48. The Hall–Kier alpha value is -2.89. The second-order valence-electron chi connectivity index (χ2n) is 6.75. The van der Waals surface area contributed by atoms with Gasteiger partial charge >= 0.3 is 0 Å². The van der Waals surface area contributed by atoms with Crippen LogP contribution in [0.2, 0.25) is 0 Å². The van der Waals surface area contributed by atoms with Gasteiger partial charge in [-0.2, -0.15) is 0 Å². The summed E-state index contributed by atoms with van der Waals surface area (Å²) in [5.74, 6) is 1.10. The number of carbonyl (C=O) groups excluding carboxylic acids is 1. The molecule has 2 aromatic heterocycles. The highest BCUT2D eigenvalue weighted by Crippen LogP contribution is 2.24. The van der Waals surface area contributed by atoms with E-state index in [4.69, 9.17) is 0 Å². The van der Waals surface area contributed by atoms with Crippen molar-refractivity contribution in [3.63, 3.8) is 0 Å². The van der Waals surface area contributed by atoms with Gasteiger partial charge in [0.25, 0.3) is 0 Å². The Morgan fingerprint density at radius 2 is 2.12 bits per heavy atom. The normalized spacial score (nSPS) is 14.3. The van der Waals surface area contributed by atoms with E-state index >= 15 is 0 Å². The van der Waals surface area contributed by atoms with Gasteiger partial charge in [-0.1, -0.05) is 6.07 Å². The van der Waals surface area contributed by atoms with Crippen LogP contribution in [0.5, 0.6) is 0 Å². The van der Waals surface area contributed by atoms with Gasteiger partial charge in [-0.25, -0.2) is 9.97 Å². The third kappa shape index (κ3) is 3.40. The van der Waals surface area contributed by atoms with E-state index < -0.39 is 0 Å². The Morgan fingerprint density at radius 3 is 2.96 bits per heavy atom. The van der Waals surface area contributed by atoms with Crippen LogP contribution < -0.4 is 5.32 Å². The van der Waals surface area contributed by atoms with Crippen LogP contribution in [0.1, 0.15) is 19.3 Å². The lowest BCUT2D eigenvalue weighted by atomic mass is 10.1. The van der Waals surface area contributed by atoms with E-state index in [0.29, 0.717) is 6.42 Å². The van der Waals surface area contributed by atoms with E-state index in [0.717, 1.165) is 49.6 Å². The van der Waals surface area contributed by atoms with E-state index in [1.807, 2.05) is 18.0 Å². The lowest BCUT2D eigenvalue weighted by Crippen LogP contribution is -2.27. The molecule has 0 atom stereocenters. The van der Waals surface area contributed by atoms with Crippen LogP contribution in [-0.2, 0) is 11.8 Å². The van der Waals surface area contributed by atoms with Crippen LogP contribution in [0.3, 0.4) is 0 Å². The molecule has 6 nitrogen and oxygen atoms in total. The number of rotatable bonds is 6. The number of hydrogen-bond donors (Lipinski definition) is 1. The first-order valence-electron chi connectivity index (χ1n) is 9.10. The molecule has 1 fully saturated rings. The number of aromatic nitrogens is 3. The Balaban J connectivity index is 1.40. The van der Waals surface area contributed by atoms with E-state index in [1.165, 1.54) is 10.9 Å². The Bertz CT molecular complexity index is 933. The highest BCUT2D eigenvalue weighted by molar-refractivity contribution is 5.85. The van der Waals surface area contributed by atoms with Crippen molar-refractivity contribution in [3.05, 3.63) is 42.9 Å². The molecule has 0 spiro atoms. The fourth-order valence-electron chi connectivity index (χ4n) is 3.48. The number of anilines is 1. The second kappa shape index (κ2) is 7.15. The minimum Gasteiger partial charge on any atom is -0.370 e. The van der Waals surface area contributed by atoms with Gasteiger partial charge in [0.15, 0.2) is 0 Å². The van der Waals surface area contributed by atoms with E-state index in [2.05, 4.69) is 50.3 Å². The summed E-state index contributed by atoms with van der Waals surface area (Å²) in [6, 6.07) is 10.4. The van der Waals surface area contributed by atoms with E-state index in [1.54, 1.807) is 6.33 Å². The first-order valence-corrected chi connectivity index (χ1v) is 9.10. The zero-order valence-corrected chi connectivity index (χ0v) is 15.0. The van der Waals surface area contributed by atoms with Gasteiger partial charge in [0, 0.05) is 61.8 Å². The SMILES string of the molecule is Cn1ccc2cc(-c3cc(NCCCN4CCCC4=O)ncn3)ccc21. The van der Waals surface area contributed by atoms with E-state index in [9.17, 15) is 4.79 Å². The summed E-state index contributed by atoms with van der Waals surface area (Å²) in [4.78, 5) is 22.3. The van der Waals surface area contributed by atoms with Gasteiger partial charge in [0.05, 0.1) is 5.69 Å². The molecule has 26 heavy (non-hydrogen) atoms. The zero-order chi connectivity index (χ0) is 17.9. The monoisotopic (exact) mass is 349 g/mol. The van der Waals surface area contributed by atoms with Gasteiger partial charge in [-0.15, -0.1) is 0 Å².